The van der Waals surface area contributed by atoms with Gasteiger partial charge in [0.1, 0.15) is 6.04 Å². The quantitative estimate of drug-likeness (QED) is 0.642. The molecule has 2 amide bonds. The van der Waals surface area contributed by atoms with Crippen molar-refractivity contribution < 1.29 is 19.5 Å². The fraction of sp³-hybridized carbons (Fsp3) is 0.267. The number of amides is 2. The summed E-state index contributed by atoms with van der Waals surface area (Å²) < 4.78 is 0. The minimum absolute atomic E-state index is 0.444. The smallest absolute Gasteiger partial charge is 0.326 e. The van der Waals surface area contributed by atoms with E-state index in [-0.39, 0.29) is 0 Å². The van der Waals surface area contributed by atoms with Crippen LogP contribution in [-0.2, 0) is 20.8 Å². The van der Waals surface area contributed by atoms with Gasteiger partial charge in [0.05, 0.1) is 6.42 Å². The number of benzene rings is 1. The molecular weight excluding hydrogens is 272 g/mol. The van der Waals surface area contributed by atoms with Gasteiger partial charge in [0.15, 0.2) is 0 Å². The Kier molecular flexibility index (Phi) is 6.13. The van der Waals surface area contributed by atoms with Gasteiger partial charge >= 0.3 is 5.97 Å². The van der Waals surface area contributed by atoms with Crippen molar-refractivity contribution in [1.82, 2.24) is 5.32 Å². The number of rotatable bonds is 7. The van der Waals surface area contributed by atoms with Crippen molar-refractivity contribution in [1.29, 1.82) is 0 Å². The number of carbonyl (C=O) groups excluding carboxylic acids is 2. The molecule has 1 atom stereocenters. The van der Waals surface area contributed by atoms with Crippen LogP contribution in [0.5, 0.6) is 0 Å². The average molecular weight is 290 g/mol. The highest BCUT2D eigenvalue weighted by atomic mass is 16.4. The Balaban J connectivity index is 2.63. The van der Waals surface area contributed by atoms with E-state index in [1.165, 1.54) is 11.6 Å². The van der Waals surface area contributed by atoms with Crippen LogP contribution in [0.15, 0.2) is 30.3 Å². The maximum Gasteiger partial charge on any atom is 0.326 e. The molecule has 112 valence electrons. The molecule has 0 spiro atoms. The molecule has 1 aromatic rings. The lowest BCUT2D eigenvalue weighted by Crippen LogP contribution is -2.42. The van der Waals surface area contributed by atoms with Crippen LogP contribution in [0.3, 0.4) is 0 Å². The van der Waals surface area contributed by atoms with Crippen LogP contribution in [0.1, 0.15) is 24.5 Å². The fourth-order valence-electron chi connectivity index (χ4n) is 1.66. The monoisotopic (exact) mass is 290 g/mol. The number of nitrogens with two attached hydrogens (primary N) is 1. The minimum atomic E-state index is -1.32. The molecular formula is C15H18N2O4. The highest BCUT2D eigenvalue weighted by Gasteiger charge is 2.20. The molecule has 0 bridgehead atoms. The molecule has 1 rings (SSSR count). The third kappa shape index (κ3) is 5.90. The number of aryl methyl sites for hydroxylation is 1. The van der Waals surface area contributed by atoms with Crippen LogP contribution in [0, 0.1) is 0 Å². The Morgan fingerprint density at radius 3 is 2.38 bits per heavy atom. The lowest BCUT2D eigenvalue weighted by Gasteiger charge is -2.10. The zero-order chi connectivity index (χ0) is 15.8. The van der Waals surface area contributed by atoms with Crippen molar-refractivity contribution in [3.05, 3.63) is 41.5 Å². The summed E-state index contributed by atoms with van der Waals surface area (Å²) in [7, 11) is 0. The van der Waals surface area contributed by atoms with Crippen molar-refractivity contribution in [3.63, 3.8) is 0 Å². The van der Waals surface area contributed by atoms with Gasteiger partial charge in [-0.3, -0.25) is 9.59 Å². The van der Waals surface area contributed by atoms with E-state index in [9.17, 15) is 14.4 Å². The van der Waals surface area contributed by atoms with Crippen LogP contribution >= 0.6 is 0 Å². The number of carbonyl (C=O) groups is 3. The standard InChI is InChI=1S/C15H18N2O4/c1-2-10-3-5-11(6-4-10)7-8-14(19)17-12(15(20)21)9-13(16)18/h3-8,12H,2,9H2,1H3,(H2,16,18)(H,17,19)(H,20,21)/b8-7+/t12-/m1/s1. The number of hydrogen-bond donors (Lipinski definition) is 3. The van der Waals surface area contributed by atoms with Crippen LogP contribution < -0.4 is 11.1 Å². The van der Waals surface area contributed by atoms with Crippen molar-refractivity contribution in [2.24, 2.45) is 5.73 Å². The van der Waals surface area contributed by atoms with E-state index in [4.69, 9.17) is 10.8 Å². The second-order valence-electron chi connectivity index (χ2n) is 4.50. The molecule has 0 heterocycles. The van der Waals surface area contributed by atoms with E-state index < -0.39 is 30.2 Å². The zero-order valence-electron chi connectivity index (χ0n) is 11.7. The number of primary amides is 1. The normalized spacial score (nSPS) is 12.0. The van der Waals surface area contributed by atoms with Crippen molar-refractivity contribution >= 4 is 23.9 Å². The largest absolute Gasteiger partial charge is 0.480 e. The first-order valence-electron chi connectivity index (χ1n) is 6.51. The van der Waals surface area contributed by atoms with Crippen molar-refractivity contribution in [2.45, 2.75) is 25.8 Å². The Morgan fingerprint density at radius 2 is 1.90 bits per heavy atom. The molecule has 4 N–H and O–H groups in total. The first kappa shape index (κ1) is 16.4. The minimum Gasteiger partial charge on any atom is -0.480 e. The highest BCUT2D eigenvalue weighted by molar-refractivity contribution is 5.95. The number of carboxylic acids is 1. The lowest BCUT2D eigenvalue weighted by atomic mass is 10.1. The first-order chi connectivity index (χ1) is 9.92. The molecule has 21 heavy (non-hydrogen) atoms. The Morgan fingerprint density at radius 1 is 1.29 bits per heavy atom. The van der Waals surface area contributed by atoms with Gasteiger partial charge in [-0.15, -0.1) is 0 Å². The van der Waals surface area contributed by atoms with E-state index in [2.05, 4.69) is 5.32 Å². The maximum absolute atomic E-state index is 11.6. The Bertz CT molecular complexity index is 549. The van der Waals surface area contributed by atoms with Crippen LogP contribution in [-0.4, -0.2) is 28.9 Å². The van der Waals surface area contributed by atoms with E-state index in [1.807, 2.05) is 31.2 Å². The summed E-state index contributed by atoms with van der Waals surface area (Å²) in [6.07, 6.45) is 3.27. The third-order valence-corrected chi connectivity index (χ3v) is 2.84. The fourth-order valence-corrected chi connectivity index (χ4v) is 1.66. The Labute approximate surface area is 122 Å². The van der Waals surface area contributed by atoms with Crippen molar-refractivity contribution in [3.8, 4) is 0 Å². The molecule has 0 radical (unpaired) electrons. The summed E-state index contributed by atoms with van der Waals surface area (Å²) >= 11 is 0. The molecule has 1 aromatic carbocycles. The summed E-state index contributed by atoms with van der Waals surface area (Å²) in [5.74, 6) is -2.69. The average Bonchev–Trinajstić information content (AvgIpc) is 2.44. The number of nitrogens with one attached hydrogen (secondary N) is 1. The topological polar surface area (TPSA) is 109 Å². The molecule has 6 nitrogen and oxygen atoms in total. The van der Waals surface area contributed by atoms with Crippen LogP contribution in [0.25, 0.3) is 6.08 Å². The molecule has 0 unspecified atom stereocenters. The van der Waals surface area contributed by atoms with E-state index in [0.29, 0.717) is 0 Å². The maximum atomic E-state index is 11.6. The summed E-state index contributed by atoms with van der Waals surface area (Å²) in [5, 5.41) is 11.1. The van der Waals surface area contributed by atoms with Crippen molar-refractivity contribution in [2.75, 3.05) is 0 Å². The van der Waals surface area contributed by atoms with Gasteiger partial charge in [-0.1, -0.05) is 31.2 Å². The Hall–Kier alpha value is -2.63. The predicted molar refractivity (Wildman–Crippen MR) is 78.2 cm³/mol. The summed E-state index contributed by atoms with van der Waals surface area (Å²) in [4.78, 5) is 33.2. The van der Waals surface area contributed by atoms with Gasteiger partial charge in [0.2, 0.25) is 11.8 Å². The molecule has 0 aliphatic carbocycles. The van der Waals surface area contributed by atoms with E-state index in [0.717, 1.165) is 12.0 Å². The lowest BCUT2D eigenvalue weighted by molar-refractivity contribution is -0.142. The number of hydrogen-bond acceptors (Lipinski definition) is 3. The van der Waals surface area contributed by atoms with Gasteiger partial charge in [-0.2, -0.15) is 0 Å². The van der Waals surface area contributed by atoms with E-state index >= 15 is 0 Å². The predicted octanol–water partition coefficient (Wildman–Crippen LogP) is 0.707. The second kappa shape index (κ2) is 7.84. The molecule has 0 aliphatic rings. The summed E-state index contributed by atoms with van der Waals surface area (Å²) in [5.41, 5.74) is 6.94. The number of aliphatic carboxylic acids is 1. The molecule has 0 saturated heterocycles. The first-order valence-corrected chi connectivity index (χ1v) is 6.51. The van der Waals surface area contributed by atoms with Crippen LogP contribution in [0.2, 0.25) is 0 Å². The SMILES string of the molecule is CCc1ccc(/C=C/C(=O)N[C@H](CC(N)=O)C(=O)O)cc1. The van der Waals surface area contributed by atoms with Gasteiger partial charge in [-0.25, -0.2) is 4.79 Å². The van der Waals surface area contributed by atoms with E-state index in [1.54, 1.807) is 6.08 Å². The zero-order valence-corrected chi connectivity index (χ0v) is 11.7. The second-order valence-corrected chi connectivity index (χ2v) is 4.50. The molecule has 0 saturated carbocycles. The van der Waals surface area contributed by atoms with Gasteiger partial charge < -0.3 is 16.2 Å². The summed E-state index contributed by atoms with van der Waals surface area (Å²) in [6, 6.07) is 6.30. The summed E-state index contributed by atoms with van der Waals surface area (Å²) in [6.45, 7) is 2.04. The van der Waals surface area contributed by atoms with Crippen LogP contribution in [0.4, 0.5) is 0 Å². The third-order valence-electron chi connectivity index (χ3n) is 2.84. The van der Waals surface area contributed by atoms with Gasteiger partial charge in [0, 0.05) is 6.08 Å². The molecule has 6 heteroatoms. The number of carboxylic acid groups (broad SMARTS) is 1. The molecule has 0 fully saturated rings. The molecule has 0 aliphatic heterocycles. The van der Waals surface area contributed by atoms with Gasteiger partial charge in [0.25, 0.3) is 0 Å². The molecule has 0 aromatic heterocycles. The van der Waals surface area contributed by atoms with Gasteiger partial charge in [-0.05, 0) is 23.6 Å². The highest BCUT2D eigenvalue weighted by Crippen LogP contribution is 2.06.